The van der Waals surface area contributed by atoms with Crippen LogP contribution in [0.3, 0.4) is 0 Å². The molecule has 2 heterocycles. The number of aromatic nitrogens is 2. The van der Waals surface area contributed by atoms with Gasteiger partial charge in [0.25, 0.3) is 5.56 Å². The van der Waals surface area contributed by atoms with Crippen molar-refractivity contribution in [2.45, 2.75) is 63.8 Å². The highest BCUT2D eigenvalue weighted by atomic mass is 28.4. The van der Waals surface area contributed by atoms with Gasteiger partial charge in [-0.15, -0.1) is 0 Å². The SMILES string of the molecule is CC(C)(C)[Si](C)(C)OC1CC(n2cc(F)c(=O)[nH]c2=O)OC1CO. The number of nitrogens with zero attached hydrogens (tertiary/aromatic N) is 1. The Morgan fingerprint density at radius 3 is 2.62 bits per heavy atom. The third-order valence-corrected chi connectivity index (χ3v) is 9.35. The monoisotopic (exact) mass is 360 g/mol. The fraction of sp³-hybridized carbons (Fsp3) is 0.733. The Kier molecular flexibility index (Phi) is 5.19. The first-order chi connectivity index (χ1) is 11.0. The van der Waals surface area contributed by atoms with Gasteiger partial charge in [-0.05, 0) is 18.1 Å². The van der Waals surface area contributed by atoms with Crippen molar-refractivity contribution in [2.75, 3.05) is 6.61 Å². The average molecular weight is 360 g/mol. The third kappa shape index (κ3) is 3.69. The zero-order chi connectivity index (χ0) is 18.3. The molecular formula is C15H25FN2O5Si. The fourth-order valence-electron chi connectivity index (χ4n) is 2.39. The number of aliphatic hydroxyl groups excluding tert-OH is 1. The van der Waals surface area contributed by atoms with Gasteiger partial charge in [0.2, 0.25) is 5.82 Å². The van der Waals surface area contributed by atoms with Gasteiger partial charge < -0.3 is 14.3 Å². The Hall–Kier alpha value is -1.29. The summed E-state index contributed by atoms with van der Waals surface area (Å²) in [6, 6.07) is 0. The Morgan fingerprint density at radius 2 is 2.08 bits per heavy atom. The van der Waals surface area contributed by atoms with Gasteiger partial charge in [-0.25, -0.2) is 4.79 Å². The normalized spacial score (nSPS) is 25.2. The Labute approximate surface area is 140 Å². The van der Waals surface area contributed by atoms with Crippen LogP contribution >= 0.6 is 0 Å². The summed E-state index contributed by atoms with van der Waals surface area (Å²) in [5.41, 5.74) is -1.82. The van der Waals surface area contributed by atoms with Crippen molar-refractivity contribution in [1.82, 2.24) is 9.55 Å². The number of H-pyrrole nitrogens is 1. The molecule has 1 fully saturated rings. The van der Waals surface area contributed by atoms with Gasteiger partial charge in [-0.2, -0.15) is 4.39 Å². The largest absolute Gasteiger partial charge is 0.411 e. The number of aromatic amines is 1. The smallest absolute Gasteiger partial charge is 0.330 e. The van der Waals surface area contributed by atoms with Crippen LogP contribution in [0.4, 0.5) is 4.39 Å². The Morgan fingerprint density at radius 1 is 1.46 bits per heavy atom. The summed E-state index contributed by atoms with van der Waals surface area (Å²) in [7, 11) is -2.10. The van der Waals surface area contributed by atoms with Crippen LogP contribution in [0.15, 0.2) is 15.8 Å². The van der Waals surface area contributed by atoms with Crippen LogP contribution < -0.4 is 11.2 Å². The van der Waals surface area contributed by atoms with E-state index < -0.39 is 43.8 Å². The molecule has 0 bridgehead atoms. The fourth-order valence-corrected chi connectivity index (χ4v) is 3.75. The minimum atomic E-state index is -2.10. The van der Waals surface area contributed by atoms with E-state index in [4.69, 9.17) is 9.16 Å². The van der Waals surface area contributed by atoms with Crippen LogP contribution in [0, 0.1) is 5.82 Å². The molecule has 0 radical (unpaired) electrons. The molecule has 1 aliphatic rings. The van der Waals surface area contributed by atoms with E-state index in [-0.39, 0.29) is 11.6 Å². The number of ether oxygens (including phenoxy) is 1. The molecule has 2 N–H and O–H groups in total. The van der Waals surface area contributed by atoms with Crippen molar-refractivity contribution in [3.05, 3.63) is 32.9 Å². The highest BCUT2D eigenvalue weighted by Crippen LogP contribution is 2.40. The molecule has 1 saturated heterocycles. The summed E-state index contributed by atoms with van der Waals surface area (Å²) in [4.78, 5) is 24.9. The molecule has 1 aromatic rings. The number of aliphatic hydroxyl groups is 1. The molecule has 136 valence electrons. The molecule has 3 atom stereocenters. The molecule has 0 amide bonds. The summed E-state index contributed by atoms with van der Waals surface area (Å²) >= 11 is 0. The van der Waals surface area contributed by atoms with Gasteiger partial charge in [0.05, 0.1) is 18.9 Å². The molecule has 24 heavy (non-hydrogen) atoms. The molecule has 9 heteroatoms. The molecule has 0 spiro atoms. The van der Waals surface area contributed by atoms with Crippen LogP contribution in [0.1, 0.15) is 33.4 Å². The van der Waals surface area contributed by atoms with Crippen LogP contribution in [0.5, 0.6) is 0 Å². The maximum absolute atomic E-state index is 13.5. The van der Waals surface area contributed by atoms with Crippen LogP contribution in [-0.2, 0) is 9.16 Å². The van der Waals surface area contributed by atoms with E-state index in [0.29, 0.717) is 6.42 Å². The van der Waals surface area contributed by atoms with Crippen LogP contribution in [0.2, 0.25) is 18.1 Å². The molecular weight excluding hydrogens is 335 g/mol. The van der Waals surface area contributed by atoms with Gasteiger partial charge >= 0.3 is 5.69 Å². The second-order valence-electron chi connectivity index (χ2n) is 7.61. The predicted octanol–water partition coefficient (Wildman–Crippen LogP) is 1.35. The first-order valence-electron chi connectivity index (χ1n) is 7.91. The van der Waals surface area contributed by atoms with E-state index in [2.05, 4.69) is 33.9 Å². The quantitative estimate of drug-likeness (QED) is 0.791. The molecule has 2 rings (SSSR count). The summed E-state index contributed by atoms with van der Waals surface area (Å²) < 4.78 is 26.4. The number of hydrogen-bond acceptors (Lipinski definition) is 5. The number of rotatable bonds is 4. The Bertz CT molecular complexity index is 709. The van der Waals surface area contributed by atoms with E-state index in [0.717, 1.165) is 10.8 Å². The molecule has 0 saturated carbocycles. The number of nitrogens with one attached hydrogen (secondary N) is 1. The van der Waals surface area contributed by atoms with Crippen molar-refractivity contribution >= 4 is 8.32 Å². The Balaban J connectivity index is 2.25. The van der Waals surface area contributed by atoms with Gasteiger partial charge in [0.1, 0.15) is 12.3 Å². The molecule has 7 nitrogen and oxygen atoms in total. The lowest BCUT2D eigenvalue weighted by atomic mass is 10.2. The molecule has 0 aromatic carbocycles. The first-order valence-corrected chi connectivity index (χ1v) is 10.8. The maximum Gasteiger partial charge on any atom is 0.330 e. The topological polar surface area (TPSA) is 93.6 Å². The average Bonchev–Trinajstić information content (AvgIpc) is 2.83. The minimum Gasteiger partial charge on any atom is -0.411 e. The molecule has 0 aliphatic carbocycles. The van der Waals surface area contributed by atoms with Crippen molar-refractivity contribution in [1.29, 1.82) is 0 Å². The lowest BCUT2D eigenvalue weighted by molar-refractivity contribution is -0.0441. The predicted molar refractivity (Wildman–Crippen MR) is 89.0 cm³/mol. The van der Waals surface area contributed by atoms with Crippen LogP contribution in [0.25, 0.3) is 0 Å². The highest BCUT2D eigenvalue weighted by molar-refractivity contribution is 6.74. The lowest BCUT2D eigenvalue weighted by Crippen LogP contribution is -2.46. The molecule has 3 unspecified atom stereocenters. The van der Waals surface area contributed by atoms with E-state index in [1.54, 1.807) is 0 Å². The van der Waals surface area contributed by atoms with E-state index >= 15 is 0 Å². The van der Waals surface area contributed by atoms with Gasteiger partial charge in [0.15, 0.2) is 8.32 Å². The number of hydrogen-bond donors (Lipinski definition) is 2. The van der Waals surface area contributed by atoms with Crippen molar-refractivity contribution in [3.8, 4) is 0 Å². The third-order valence-electron chi connectivity index (χ3n) is 4.85. The lowest BCUT2D eigenvalue weighted by Gasteiger charge is -2.39. The summed E-state index contributed by atoms with van der Waals surface area (Å²) in [6.45, 7) is 10.2. The van der Waals surface area contributed by atoms with Gasteiger partial charge in [-0.1, -0.05) is 20.8 Å². The minimum absolute atomic E-state index is 0.0218. The summed E-state index contributed by atoms with van der Waals surface area (Å²) in [5, 5.41) is 9.54. The van der Waals surface area contributed by atoms with Crippen LogP contribution in [-0.4, -0.2) is 41.8 Å². The maximum atomic E-state index is 13.5. The van der Waals surface area contributed by atoms with Gasteiger partial charge in [0, 0.05) is 6.42 Å². The summed E-state index contributed by atoms with van der Waals surface area (Å²) in [6.07, 6.45) is -0.678. The van der Waals surface area contributed by atoms with E-state index in [1.807, 2.05) is 4.98 Å². The molecule has 1 aliphatic heterocycles. The van der Waals surface area contributed by atoms with E-state index in [1.165, 1.54) is 0 Å². The molecule has 1 aromatic heterocycles. The highest BCUT2D eigenvalue weighted by Gasteiger charge is 2.45. The standard InChI is InChI=1S/C15H25FN2O5Si/c1-15(2,3)24(4,5)23-10-6-12(22-11(10)8-19)18-7-9(16)13(20)17-14(18)21/h7,10-12,19H,6,8H2,1-5H3,(H,17,20,21). The van der Waals surface area contributed by atoms with Gasteiger partial charge in [-0.3, -0.25) is 14.3 Å². The zero-order valence-electron chi connectivity index (χ0n) is 14.6. The second kappa shape index (κ2) is 6.55. The first kappa shape index (κ1) is 19.0. The summed E-state index contributed by atoms with van der Waals surface area (Å²) in [5.74, 6) is -1.06. The second-order valence-corrected chi connectivity index (χ2v) is 12.4. The zero-order valence-corrected chi connectivity index (χ0v) is 15.6. The van der Waals surface area contributed by atoms with Crippen molar-refractivity contribution < 1.29 is 18.7 Å². The number of halogens is 1. The van der Waals surface area contributed by atoms with Crippen molar-refractivity contribution in [2.24, 2.45) is 0 Å². The van der Waals surface area contributed by atoms with Crippen molar-refractivity contribution in [3.63, 3.8) is 0 Å². The van der Waals surface area contributed by atoms with E-state index in [9.17, 15) is 19.1 Å².